The number of hydrogen-bond donors (Lipinski definition) is 2. The average molecular weight is 621 g/mol. The first-order chi connectivity index (χ1) is 21.0. The van der Waals surface area contributed by atoms with E-state index in [9.17, 15) is 31.1 Å². The highest BCUT2D eigenvalue weighted by molar-refractivity contribution is 5.76. The van der Waals surface area contributed by atoms with E-state index in [4.69, 9.17) is 0 Å². The number of nitrogens with one attached hydrogen (secondary N) is 2. The Morgan fingerprint density at radius 3 is 2.32 bits per heavy atom. The predicted octanol–water partition coefficient (Wildman–Crippen LogP) is 5.92. The summed E-state index contributed by atoms with van der Waals surface area (Å²) in [5, 5.41) is 16.9. The number of aromatic nitrogens is 4. The molecule has 8 nitrogen and oxygen atoms in total. The number of benzene rings is 3. The van der Waals surface area contributed by atoms with Crippen LogP contribution >= 0.6 is 0 Å². The number of urea groups is 1. The Morgan fingerprint density at radius 1 is 0.932 bits per heavy atom. The normalized spacial score (nSPS) is 13.0. The van der Waals surface area contributed by atoms with Crippen LogP contribution in [0.25, 0.3) is 0 Å². The molecule has 0 bridgehead atoms. The maximum absolute atomic E-state index is 14.9. The number of tetrazole rings is 1. The van der Waals surface area contributed by atoms with Gasteiger partial charge in [0.1, 0.15) is 17.4 Å². The van der Waals surface area contributed by atoms with Crippen molar-refractivity contribution in [3.8, 4) is 5.75 Å². The number of unbranched alkanes of at least 4 members (excludes halogenated alkanes) is 2. The number of alkyl halides is 4. The van der Waals surface area contributed by atoms with Gasteiger partial charge in [0.15, 0.2) is 5.82 Å². The molecule has 2 N–H and O–H groups in total. The highest BCUT2D eigenvalue weighted by Crippen LogP contribution is 2.37. The van der Waals surface area contributed by atoms with Crippen LogP contribution in [-0.2, 0) is 25.4 Å². The molecular formula is C30H30F6N6O2. The number of carbonyl (C=O) groups is 1. The van der Waals surface area contributed by atoms with Crippen molar-refractivity contribution in [1.82, 2.24) is 30.8 Å². The molecule has 4 rings (SSSR count). The Balaban J connectivity index is 1.64. The zero-order valence-electron chi connectivity index (χ0n) is 23.6. The van der Waals surface area contributed by atoms with Gasteiger partial charge in [-0.1, -0.05) is 48.9 Å². The highest BCUT2D eigenvalue weighted by Gasteiger charge is 2.45. The third-order valence-corrected chi connectivity index (χ3v) is 6.92. The lowest BCUT2D eigenvalue weighted by Gasteiger charge is -2.37. The SMILES string of the molecule is Cn1nnnc1CCCCCNC(=O)N[C@](Cc1ccccc1)(c1ccc(F)cc1)c1cc(F)cc(OC(F)(F)C(F)F)c1. The number of nitrogens with zero attached hydrogens (tertiary/aromatic N) is 4. The molecule has 1 heterocycles. The summed E-state index contributed by atoms with van der Waals surface area (Å²) in [5.41, 5.74) is -0.870. The lowest BCUT2D eigenvalue weighted by molar-refractivity contribution is -0.253. The molecule has 234 valence electrons. The van der Waals surface area contributed by atoms with Gasteiger partial charge >= 0.3 is 18.6 Å². The quantitative estimate of drug-likeness (QED) is 0.135. The van der Waals surface area contributed by atoms with Crippen molar-refractivity contribution in [2.45, 2.75) is 50.2 Å². The molecule has 0 aliphatic carbocycles. The minimum atomic E-state index is -4.91. The largest absolute Gasteiger partial charge is 0.461 e. The Morgan fingerprint density at radius 2 is 1.66 bits per heavy atom. The van der Waals surface area contributed by atoms with Crippen LogP contribution in [0.4, 0.5) is 31.1 Å². The molecule has 0 unspecified atom stereocenters. The molecule has 0 spiro atoms. The van der Waals surface area contributed by atoms with Crippen molar-refractivity contribution in [3.63, 3.8) is 0 Å². The Hall–Kier alpha value is -4.62. The summed E-state index contributed by atoms with van der Waals surface area (Å²) >= 11 is 0. The molecule has 4 aromatic rings. The number of hydrogen-bond acceptors (Lipinski definition) is 5. The fraction of sp³-hybridized carbons (Fsp3) is 0.333. The molecular weight excluding hydrogens is 590 g/mol. The monoisotopic (exact) mass is 620 g/mol. The first-order valence-electron chi connectivity index (χ1n) is 13.7. The van der Waals surface area contributed by atoms with Crippen LogP contribution in [0.2, 0.25) is 0 Å². The van der Waals surface area contributed by atoms with Gasteiger partial charge in [0.2, 0.25) is 0 Å². The van der Waals surface area contributed by atoms with Crippen molar-refractivity contribution in [2.75, 3.05) is 6.54 Å². The molecule has 44 heavy (non-hydrogen) atoms. The Bertz CT molecular complexity index is 1520. The number of carbonyl (C=O) groups excluding carboxylic acids is 1. The fourth-order valence-electron chi connectivity index (χ4n) is 4.75. The Labute approximate surface area is 249 Å². The van der Waals surface area contributed by atoms with Gasteiger partial charge in [-0.15, -0.1) is 5.10 Å². The van der Waals surface area contributed by atoms with Crippen molar-refractivity contribution in [2.24, 2.45) is 7.05 Å². The molecule has 1 atom stereocenters. The third-order valence-electron chi connectivity index (χ3n) is 6.92. The second-order valence-corrected chi connectivity index (χ2v) is 10.1. The van der Waals surface area contributed by atoms with Crippen molar-refractivity contribution < 1.29 is 35.9 Å². The van der Waals surface area contributed by atoms with Crippen molar-refractivity contribution >= 4 is 6.03 Å². The minimum Gasteiger partial charge on any atom is -0.428 e. The maximum Gasteiger partial charge on any atom is 0.461 e. The molecule has 0 saturated carbocycles. The van der Waals surface area contributed by atoms with Crippen LogP contribution in [0, 0.1) is 11.6 Å². The van der Waals surface area contributed by atoms with E-state index in [-0.39, 0.29) is 24.1 Å². The van der Waals surface area contributed by atoms with E-state index in [1.54, 1.807) is 42.1 Å². The van der Waals surface area contributed by atoms with Gasteiger partial charge in [-0.2, -0.15) is 17.6 Å². The summed E-state index contributed by atoms with van der Waals surface area (Å²) in [6.07, 6.45) is -6.38. The highest BCUT2D eigenvalue weighted by atomic mass is 19.3. The van der Waals surface area contributed by atoms with Gasteiger partial charge in [0.05, 0.1) is 5.54 Å². The van der Waals surface area contributed by atoms with E-state index >= 15 is 0 Å². The van der Waals surface area contributed by atoms with Crippen molar-refractivity contribution in [1.29, 1.82) is 0 Å². The maximum atomic E-state index is 14.9. The number of amides is 2. The number of aryl methyl sites for hydroxylation is 2. The molecule has 1 aromatic heterocycles. The third kappa shape index (κ3) is 8.26. The topological polar surface area (TPSA) is 94.0 Å². The van der Waals surface area contributed by atoms with E-state index in [2.05, 4.69) is 30.9 Å². The van der Waals surface area contributed by atoms with Gasteiger partial charge in [-0.3, -0.25) is 0 Å². The van der Waals surface area contributed by atoms with Crippen LogP contribution in [0.5, 0.6) is 5.75 Å². The van der Waals surface area contributed by atoms with Crippen LogP contribution in [0.1, 0.15) is 41.8 Å². The lowest BCUT2D eigenvalue weighted by Crippen LogP contribution is -2.52. The Kier molecular flexibility index (Phi) is 10.4. The number of rotatable bonds is 14. The lowest BCUT2D eigenvalue weighted by atomic mass is 9.77. The van der Waals surface area contributed by atoms with Gasteiger partial charge in [-0.25, -0.2) is 18.3 Å². The first kappa shape index (κ1) is 32.3. The van der Waals surface area contributed by atoms with Crippen LogP contribution in [0.15, 0.2) is 72.8 Å². The van der Waals surface area contributed by atoms with E-state index in [0.717, 1.165) is 42.9 Å². The first-order valence-corrected chi connectivity index (χ1v) is 13.7. The molecule has 0 radical (unpaired) electrons. The smallest absolute Gasteiger partial charge is 0.428 e. The number of halogens is 6. The molecule has 0 aliphatic rings. The molecule has 0 fully saturated rings. The van der Waals surface area contributed by atoms with Crippen molar-refractivity contribution in [3.05, 3.63) is 107 Å². The van der Waals surface area contributed by atoms with Crippen LogP contribution < -0.4 is 15.4 Å². The summed E-state index contributed by atoms with van der Waals surface area (Å²) in [7, 11) is 1.74. The molecule has 14 heteroatoms. The summed E-state index contributed by atoms with van der Waals surface area (Å²) in [4.78, 5) is 13.3. The zero-order valence-corrected chi connectivity index (χ0v) is 23.6. The zero-order chi connectivity index (χ0) is 31.7. The summed E-state index contributed by atoms with van der Waals surface area (Å²) in [6, 6.07) is 15.4. The molecule has 2 amide bonds. The van der Waals surface area contributed by atoms with E-state index in [0.29, 0.717) is 24.5 Å². The van der Waals surface area contributed by atoms with Gasteiger partial charge in [0.25, 0.3) is 0 Å². The average Bonchev–Trinajstić information content (AvgIpc) is 3.39. The van der Waals surface area contributed by atoms with E-state index in [1.165, 1.54) is 12.1 Å². The summed E-state index contributed by atoms with van der Waals surface area (Å²) < 4.78 is 88.1. The number of ether oxygens (including phenoxy) is 1. The van der Waals surface area contributed by atoms with E-state index in [1.807, 2.05) is 0 Å². The van der Waals surface area contributed by atoms with Crippen LogP contribution in [0.3, 0.4) is 0 Å². The van der Waals surface area contributed by atoms with E-state index < -0.39 is 41.5 Å². The summed E-state index contributed by atoms with van der Waals surface area (Å²) in [5.74, 6) is -1.83. The molecule has 3 aromatic carbocycles. The molecule has 0 saturated heterocycles. The molecule has 0 aliphatic heterocycles. The second kappa shape index (κ2) is 14.2. The van der Waals surface area contributed by atoms with Crippen LogP contribution in [-0.4, -0.2) is 45.3 Å². The standard InChI is InChI=1S/C30H30F6N6O2/c1-42-26(39-40-41-42)10-6-3-7-15-37-28(43)38-29(19-20-8-4-2-5-9-20,21-11-13-23(31)14-12-21)22-16-24(32)18-25(17-22)44-30(35,36)27(33)34/h2,4-5,8-9,11-14,16-18,27H,3,6-7,10,15,19H2,1H3,(H2,37,38,43)/t29-/m1/s1. The predicted molar refractivity (Wildman–Crippen MR) is 148 cm³/mol. The fourth-order valence-corrected chi connectivity index (χ4v) is 4.75. The van der Waals surface area contributed by atoms with Gasteiger partial charge < -0.3 is 15.4 Å². The second-order valence-electron chi connectivity index (χ2n) is 10.1. The summed E-state index contributed by atoms with van der Waals surface area (Å²) in [6.45, 7) is 0.256. The van der Waals surface area contributed by atoms with Gasteiger partial charge in [-0.05, 0) is 64.2 Å². The van der Waals surface area contributed by atoms with Gasteiger partial charge in [0, 0.05) is 32.5 Å². The minimum absolute atomic E-state index is 0.0488.